The summed E-state index contributed by atoms with van der Waals surface area (Å²) < 4.78 is 12.8. The van der Waals surface area contributed by atoms with Gasteiger partial charge in [0.2, 0.25) is 5.60 Å². The molecule has 2 aromatic heterocycles. The number of rotatable bonds is 8. The van der Waals surface area contributed by atoms with Crippen molar-refractivity contribution in [3.63, 3.8) is 0 Å². The molecule has 6 rings (SSSR count). The number of hydrogen-bond acceptors (Lipinski definition) is 6. The molecule has 2 saturated carbocycles. The molecule has 5 nitrogen and oxygen atoms in total. The first kappa shape index (κ1) is 24.2. The van der Waals surface area contributed by atoms with E-state index in [1.807, 2.05) is 35.0 Å². The van der Waals surface area contributed by atoms with Gasteiger partial charge in [-0.15, -0.1) is 22.7 Å². The molecule has 7 heteroatoms. The molecule has 3 aliphatic rings. The Kier molecular flexibility index (Phi) is 6.23. The highest BCUT2D eigenvalue weighted by molar-refractivity contribution is 7.12. The third-order valence-corrected chi connectivity index (χ3v) is 10.6. The molecule has 4 unspecified atom stereocenters. The van der Waals surface area contributed by atoms with Gasteiger partial charge >= 0.3 is 5.97 Å². The maximum Gasteiger partial charge on any atom is 0.349 e. The number of aliphatic hydroxyl groups is 1. The van der Waals surface area contributed by atoms with Crippen molar-refractivity contribution in [1.29, 1.82) is 0 Å². The fourth-order valence-electron chi connectivity index (χ4n) is 6.93. The maximum absolute atomic E-state index is 13.6. The first-order valence-electron chi connectivity index (χ1n) is 12.9. The number of quaternary nitrogens is 1. The first-order chi connectivity index (χ1) is 17.4. The van der Waals surface area contributed by atoms with Crippen molar-refractivity contribution in [3.05, 3.63) is 74.1 Å². The van der Waals surface area contributed by atoms with Crippen LogP contribution in [0.5, 0.6) is 5.75 Å². The molecule has 4 atom stereocenters. The van der Waals surface area contributed by atoms with Crippen LogP contribution in [0.4, 0.5) is 0 Å². The highest BCUT2D eigenvalue weighted by Gasteiger charge is 2.58. The molecule has 0 amide bonds. The van der Waals surface area contributed by atoms with E-state index in [9.17, 15) is 9.90 Å². The second kappa shape index (κ2) is 9.28. The van der Waals surface area contributed by atoms with Crippen LogP contribution in [-0.2, 0) is 28.0 Å². The number of fused-ring (bicyclic) bond motifs is 3. The van der Waals surface area contributed by atoms with E-state index < -0.39 is 11.6 Å². The zero-order valence-corrected chi connectivity index (χ0v) is 22.5. The minimum absolute atomic E-state index is 0.137. The van der Waals surface area contributed by atoms with Gasteiger partial charge in [-0.2, -0.15) is 0 Å². The fourth-order valence-corrected chi connectivity index (χ4v) is 8.65. The summed E-state index contributed by atoms with van der Waals surface area (Å²) in [6.07, 6.45) is 5.07. The Bertz CT molecular complexity index is 1190. The van der Waals surface area contributed by atoms with Crippen LogP contribution in [0.1, 0.15) is 40.1 Å². The van der Waals surface area contributed by atoms with Crippen LogP contribution in [-0.4, -0.2) is 55.0 Å². The van der Waals surface area contributed by atoms with Crippen molar-refractivity contribution in [1.82, 2.24) is 0 Å². The Morgan fingerprint density at radius 3 is 2.58 bits per heavy atom. The molecule has 36 heavy (non-hydrogen) atoms. The van der Waals surface area contributed by atoms with Crippen molar-refractivity contribution in [2.24, 2.45) is 11.8 Å². The van der Waals surface area contributed by atoms with E-state index in [0.717, 1.165) is 49.1 Å². The summed E-state index contributed by atoms with van der Waals surface area (Å²) in [5, 5.41) is 15.5. The minimum Gasteiger partial charge on any atom is -0.493 e. The van der Waals surface area contributed by atoms with Gasteiger partial charge in [0.25, 0.3) is 0 Å². The SMILES string of the molecule is C[N+](C)(CCc1ccc2c(c1)CCO2)C1C2CCC1C(OC(=O)C(O)(c1cccs1)c1cccs1)C2. The number of carbonyl (C=O) groups is 1. The summed E-state index contributed by atoms with van der Waals surface area (Å²) >= 11 is 2.78. The zero-order chi connectivity index (χ0) is 24.9. The summed E-state index contributed by atoms with van der Waals surface area (Å²) in [6, 6.07) is 14.5. The minimum atomic E-state index is -1.73. The number of esters is 1. The number of hydrogen-bond donors (Lipinski definition) is 1. The van der Waals surface area contributed by atoms with Gasteiger partial charge in [-0.1, -0.05) is 24.3 Å². The number of carbonyl (C=O) groups excluding carboxylic acids is 1. The third-order valence-electron chi connectivity index (χ3n) is 8.65. The topological polar surface area (TPSA) is 55.8 Å². The summed E-state index contributed by atoms with van der Waals surface area (Å²) in [7, 11) is 4.68. The zero-order valence-electron chi connectivity index (χ0n) is 20.9. The second-order valence-electron chi connectivity index (χ2n) is 11.1. The van der Waals surface area contributed by atoms with Gasteiger partial charge in [-0.05, 0) is 59.3 Å². The Balaban J connectivity index is 1.16. The quantitative estimate of drug-likeness (QED) is 0.333. The van der Waals surface area contributed by atoms with Gasteiger partial charge in [0.15, 0.2) is 0 Å². The molecular formula is C29H34NO4S2+. The van der Waals surface area contributed by atoms with Crippen molar-refractivity contribution < 1.29 is 23.9 Å². The van der Waals surface area contributed by atoms with Crippen molar-refractivity contribution in [2.45, 2.75) is 49.9 Å². The standard InChI is InChI=1S/C29H34NO4S2/c1-30(2,13-11-19-7-10-23-20(17-19)12-14-33-23)27-21-8-9-22(27)24(18-21)34-28(31)29(32,25-5-3-15-35-25)26-6-4-16-36-26/h3-7,10,15-17,21-22,24,27,32H,8-9,11-14,18H2,1-2H3/q+1. The Morgan fingerprint density at radius 1 is 1.14 bits per heavy atom. The predicted octanol–water partition coefficient (Wildman–Crippen LogP) is 5.01. The summed E-state index contributed by atoms with van der Waals surface area (Å²) in [4.78, 5) is 14.8. The third kappa shape index (κ3) is 4.10. The number of likely N-dealkylation sites (N-methyl/N-ethyl adjacent to an activating group) is 1. The van der Waals surface area contributed by atoms with Gasteiger partial charge in [-0.25, -0.2) is 4.79 Å². The Morgan fingerprint density at radius 2 is 1.89 bits per heavy atom. The molecule has 0 radical (unpaired) electrons. The fraction of sp³-hybridized carbons (Fsp3) is 0.483. The lowest BCUT2D eigenvalue weighted by atomic mass is 9.96. The average molecular weight is 525 g/mol. The van der Waals surface area contributed by atoms with Gasteiger partial charge < -0.3 is 19.1 Å². The van der Waals surface area contributed by atoms with E-state index in [4.69, 9.17) is 9.47 Å². The molecule has 2 bridgehead atoms. The van der Waals surface area contributed by atoms with E-state index in [1.54, 1.807) is 0 Å². The first-order valence-corrected chi connectivity index (χ1v) is 14.7. The second-order valence-corrected chi connectivity index (χ2v) is 13.0. The van der Waals surface area contributed by atoms with Gasteiger partial charge in [0.1, 0.15) is 11.9 Å². The van der Waals surface area contributed by atoms with Crippen molar-refractivity contribution in [2.75, 3.05) is 27.2 Å². The molecule has 1 N–H and O–H groups in total. The Hall–Kier alpha value is -2.19. The van der Waals surface area contributed by atoms with E-state index in [-0.39, 0.29) is 6.10 Å². The molecule has 2 fully saturated rings. The lowest BCUT2D eigenvalue weighted by molar-refractivity contribution is -0.919. The van der Waals surface area contributed by atoms with Crippen LogP contribution in [0.2, 0.25) is 0 Å². The normalized spacial score (nSPS) is 25.1. The van der Waals surface area contributed by atoms with Crippen molar-refractivity contribution in [3.8, 4) is 5.75 Å². The van der Waals surface area contributed by atoms with E-state index >= 15 is 0 Å². The lowest BCUT2D eigenvalue weighted by Crippen LogP contribution is -2.53. The summed E-state index contributed by atoms with van der Waals surface area (Å²) in [5.41, 5.74) is 0.965. The molecule has 190 valence electrons. The molecule has 0 saturated heterocycles. The smallest absolute Gasteiger partial charge is 0.349 e. The maximum atomic E-state index is 13.6. The van der Waals surface area contributed by atoms with Crippen LogP contribution in [0.25, 0.3) is 0 Å². The molecule has 1 aliphatic heterocycles. The van der Waals surface area contributed by atoms with Crippen LogP contribution in [0, 0.1) is 11.8 Å². The van der Waals surface area contributed by atoms with E-state index in [2.05, 4.69) is 32.3 Å². The number of thiophene rings is 2. The highest BCUT2D eigenvalue weighted by atomic mass is 32.1. The Labute approximate surface area is 220 Å². The van der Waals surface area contributed by atoms with Crippen LogP contribution < -0.4 is 4.74 Å². The van der Waals surface area contributed by atoms with E-state index in [1.165, 1.54) is 40.2 Å². The molecule has 3 heterocycles. The predicted molar refractivity (Wildman–Crippen MR) is 142 cm³/mol. The monoisotopic (exact) mass is 524 g/mol. The summed E-state index contributed by atoms with van der Waals surface area (Å²) in [5.74, 6) is 1.39. The summed E-state index contributed by atoms with van der Waals surface area (Å²) in [6.45, 7) is 1.84. The molecule has 0 spiro atoms. The molecular weight excluding hydrogens is 490 g/mol. The van der Waals surface area contributed by atoms with Gasteiger partial charge in [0.05, 0.1) is 43.0 Å². The number of benzene rings is 1. The average Bonchev–Trinajstić information content (AvgIpc) is 3.70. The van der Waals surface area contributed by atoms with E-state index in [0.29, 0.717) is 27.6 Å². The molecule has 3 aromatic rings. The van der Waals surface area contributed by atoms with Crippen LogP contribution >= 0.6 is 22.7 Å². The molecule has 1 aromatic carbocycles. The largest absolute Gasteiger partial charge is 0.493 e. The van der Waals surface area contributed by atoms with Crippen LogP contribution in [0.3, 0.4) is 0 Å². The lowest BCUT2D eigenvalue weighted by Gasteiger charge is -2.39. The van der Waals surface area contributed by atoms with Gasteiger partial charge in [-0.3, -0.25) is 0 Å². The number of ether oxygens (including phenoxy) is 2. The van der Waals surface area contributed by atoms with Crippen LogP contribution in [0.15, 0.2) is 53.2 Å². The van der Waals surface area contributed by atoms with Crippen molar-refractivity contribution >= 4 is 28.6 Å². The highest BCUT2D eigenvalue weighted by Crippen LogP contribution is 2.51. The number of nitrogens with zero attached hydrogens (tertiary/aromatic N) is 1. The molecule has 2 aliphatic carbocycles. The van der Waals surface area contributed by atoms with Gasteiger partial charge in [0, 0.05) is 24.7 Å².